The van der Waals surface area contributed by atoms with Crippen LogP contribution in [0.2, 0.25) is 0 Å². The number of aromatic nitrogens is 5. The van der Waals surface area contributed by atoms with Crippen molar-refractivity contribution in [3.63, 3.8) is 0 Å². The number of anilines is 2. The molecule has 28 heavy (non-hydrogen) atoms. The van der Waals surface area contributed by atoms with E-state index in [-0.39, 0.29) is 11.8 Å². The van der Waals surface area contributed by atoms with E-state index in [1.807, 2.05) is 43.4 Å². The van der Waals surface area contributed by atoms with Crippen LogP contribution in [0.4, 0.5) is 10.9 Å². The zero-order valence-electron chi connectivity index (χ0n) is 16.0. The number of carbonyl (C=O) groups excluding carboxylic acids is 1. The smallest absolute Gasteiger partial charge is 0.246 e. The van der Waals surface area contributed by atoms with E-state index < -0.39 is 0 Å². The Bertz CT molecular complexity index is 1030. The highest BCUT2D eigenvalue weighted by atomic mass is 32.1. The Hall–Kier alpha value is -3.07. The molecular weight excluding hydrogens is 374 g/mol. The van der Waals surface area contributed by atoms with Crippen LogP contribution in [0.3, 0.4) is 0 Å². The lowest BCUT2D eigenvalue weighted by atomic mass is 9.95. The third-order valence-electron chi connectivity index (χ3n) is 4.47. The minimum atomic E-state index is 0.00231. The van der Waals surface area contributed by atoms with Crippen LogP contribution in [0.25, 0.3) is 6.08 Å². The van der Waals surface area contributed by atoms with Crippen LogP contribution in [-0.2, 0) is 11.8 Å². The van der Waals surface area contributed by atoms with E-state index in [4.69, 9.17) is 0 Å². The molecule has 0 spiro atoms. The molecule has 0 bridgehead atoms. The molecule has 0 aromatic carbocycles. The van der Waals surface area contributed by atoms with Crippen LogP contribution in [-0.4, -0.2) is 48.6 Å². The van der Waals surface area contributed by atoms with Gasteiger partial charge in [-0.25, -0.2) is 15.0 Å². The maximum atomic E-state index is 12.3. The minimum absolute atomic E-state index is 0.00231. The van der Waals surface area contributed by atoms with Crippen LogP contribution >= 0.6 is 11.3 Å². The first-order valence-corrected chi connectivity index (χ1v) is 9.84. The molecule has 3 aromatic heterocycles. The zero-order valence-corrected chi connectivity index (χ0v) is 16.8. The summed E-state index contributed by atoms with van der Waals surface area (Å²) in [6.45, 7) is 5.14. The van der Waals surface area contributed by atoms with Gasteiger partial charge in [0.2, 0.25) is 5.91 Å². The van der Waals surface area contributed by atoms with Crippen LogP contribution in [0, 0.1) is 13.8 Å². The second-order valence-corrected chi connectivity index (χ2v) is 7.72. The molecule has 1 saturated heterocycles. The molecule has 0 radical (unpaired) electrons. The van der Waals surface area contributed by atoms with Crippen LogP contribution in [0.15, 0.2) is 29.9 Å². The number of aryl methyl sites for hydroxylation is 3. The maximum absolute atomic E-state index is 12.3. The van der Waals surface area contributed by atoms with Crippen molar-refractivity contribution in [1.82, 2.24) is 29.6 Å². The van der Waals surface area contributed by atoms with E-state index in [0.29, 0.717) is 18.9 Å². The lowest BCUT2D eigenvalue weighted by molar-refractivity contribution is -0.130. The number of rotatable bonds is 5. The maximum Gasteiger partial charge on any atom is 0.246 e. The Morgan fingerprint density at radius 3 is 2.79 bits per heavy atom. The number of amides is 1. The number of nitrogens with one attached hydrogen (secondary N) is 1. The summed E-state index contributed by atoms with van der Waals surface area (Å²) in [6, 6.07) is 1.95. The Labute approximate surface area is 167 Å². The van der Waals surface area contributed by atoms with Crippen molar-refractivity contribution >= 4 is 34.3 Å². The molecule has 1 aliphatic rings. The van der Waals surface area contributed by atoms with E-state index in [9.17, 15) is 4.79 Å². The molecule has 4 heterocycles. The Balaban J connectivity index is 1.38. The molecule has 3 aromatic rings. The van der Waals surface area contributed by atoms with E-state index in [1.54, 1.807) is 34.4 Å². The Morgan fingerprint density at radius 2 is 2.11 bits per heavy atom. The Morgan fingerprint density at radius 1 is 1.29 bits per heavy atom. The number of thiazole rings is 1. The van der Waals surface area contributed by atoms with Crippen molar-refractivity contribution in [2.45, 2.75) is 19.8 Å². The van der Waals surface area contributed by atoms with Gasteiger partial charge in [0.15, 0.2) is 5.13 Å². The zero-order chi connectivity index (χ0) is 19.7. The molecule has 0 saturated carbocycles. The lowest BCUT2D eigenvalue weighted by Gasteiger charge is -2.38. The molecule has 0 aliphatic carbocycles. The quantitative estimate of drug-likeness (QED) is 0.668. The van der Waals surface area contributed by atoms with Crippen molar-refractivity contribution in [2.75, 3.05) is 18.4 Å². The van der Waals surface area contributed by atoms with Crippen molar-refractivity contribution in [2.24, 2.45) is 7.05 Å². The number of hydrogen-bond donors (Lipinski definition) is 1. The normalized spacial score (nSPS) is 14.5. The summed E-state index contributed by atoms with van der Waals surface area (Å²) in [6.07, 6.45) is 6.97. The van der Waals surface area contributed by atoms with Crippen molar-refractivity contribution in [3.8, 4) is 0 Å². The van der Waals surface area contributed by atoms with Crippen molar-refractivity contribution in [1.29, 1.82) is 0 Å². The predicted molar refractivity (Wildman–Crippen MR) is 108 cm³/mol. The molecular formula is C19H21N7OS. The lowest BCUT2D eigenvalue weighted by Crippen LogP contribution is -2.48. The van der Waals surface area contributed by atoms with Gasteiger partial charge in [-0.3, -0.25) is 9.48 Å². The summed E-state index contributed by atoms with van der Waals surface area (Å²) in [4.78, 5) is 27.5. The van der Waals surface area contributed by atoms with Gasteiger partial charge in [0.1, 0.15) is 11.6 Å². The van der Waals surface area contributed by atoms with Gasteiger partial charge in [0.25, 0.3) is 0 Å². The highest BCUT2D eigenvalue weighted by molar-refractivity contribution is 7.13. The van der Waals surface area contributed by atoms with Gasteiger partial charge in [-0.05, 0) is 19.9 Å². The van der Waals surface area contributed by atoms with Crippen LogP contribution in [0.5, 0.6) is 0 Å². The van der Waals surface area contributed by atoms with Gasteiger partial charge in [0, 0.05) is 55.3 Å². The summed E-state index contributed by atoms with van der Waals surface area (Å²) in [5.74, 6) is 1.66. The number of carbonyl (C=O) groups is 1. The monoisotopic (exact) mass is 395 g/mol. The van der Waals surface area contributed by atoms with Gasteiger partial charge in [0.05, 0.1) is 17.6 Å². The van der Waals surface area contributed by atoms with Gasteiger partial charge in [-0.2, -0.15) is 5.10 Å². The second-order valence-electron chi connectivity index (χ2n) is 6.87. The molecule has 0 atom stereocenters. The van der Waals surface area contributed by atoms with E-state index >= 15 is 0 Å². The average Bonchev–Trinajstić information content (AvgIpc) is 3.19. The summed E-state index contributed by atoms with van der Waals surface area (Å²) in [7, 11) is 1.85. The first-order valence-electron chi connectivity index (χ1n) is 8.96. The van der Waals surface area contributed by atoms with Crippen molar-refractivity contribution < 1.29 is 4.79 Å². The molecule has 144 valence electrons. The highest BCUT2D eigenvalue weighted by Crippen LogP contribution is 2.28. The van der Waals surface area contributed by atoms with Crippen LogP contribution < -0.4 is 5.32 Å². The van der Waals surface area contributed by atoms with E-state index in [1.165, 1.54) is 0 Å². The topological polar surface area (TPSA) is 88.8 Å². The fourth-order valence-corrected chi connectivity index (χ4v) is 3.72. The van der Waals surface area contributed by atoms with Crippen molar-refractivity contribution in [3.05, 3.63) is 52.7 Å². The highest BCUT2D eigenvalue weighted by Gasteiger charge is 2.32. The standard InChI is InChI=1S/C19H21N7OS/c1-12-11-28-19(21-12)24-17-6-16(22-13(2)23-17)15-9-26(10-15)18(27)5-4-14-7-20-25(3)8-14/h4-8,11,15H,9-10H2,1-3H3,(H,21,22,23,24)/b5-4+. The summed E-state index contributed by atoms with van der Waals surface area (Å²) < 4.78 is 1.71. The largest absolute Gasteiger partial charge is 0.338 e. The molecule has 1 fully saturated rings. The first-order chi connectivity index (χ1) is 13.5. The molecule has 4 rings (SSSR count). The van der Waals surface area contributed by atoms with Gasteiger partial charge < -0.3 is 10.2 Å². The molecule has 1 amide bonds. The SMILES string of the molecule is Cc1csc(Nc2cc(C3CN(C(=O)/C=C/c4cnn(C)c4)C3)nc(C)n2)n1. The molecule has 1 aliphatic heterocycles. The Kier molecular flexibility index (Phi) is 4.91. The summed E-state index contributed by atoms with van der Waals surface area (Å²) >= 11 is 1.54. The van der Waals surface area contributed by atoms with Gasteiger partial charge >= 0.3 is 0 Å². The average molecular weight is 395 g/mol. The number of likely N-dealkylation sites (tertiary alicyclic amines) is 1. The molecule has 1 N–H and O–H groups in total. The predicted octanol–water partition coefficient (Wildman–Crippen LogP) is 2.67. The fourth-order valence-electron chi connectivity index (χ4n) is 3.03. The molecule has 0 unspecified atom stereocenters. The van der Waals surface area contributed by atoms with E-state index in [2.05, 4.69) is 25.4 Å². The first kappa shape index (κ1) is 18.3. The summed E-state index contributed by atoms with van der Waals surface area (Å²) in [5.41, 5.74) is 2.84. The van der Waals surface area contributed by atoms with Gasteiger partial charge in [-0.15, -0.1) is 11.3 Å². The molecule has 8 nitrogen and oxygen atoms in total. The second kappa shape index (κ2) is 7.51. The third kappa shape index (κ3) is 4.09. The van der Waals surface area contributed by atoms with E-state index in [0.717, 1.165) is 27.9 Å². The molecule has 9 heteroatoms. The fraction of sp³-hybridized carbons (Fsp3) is 0.316. The van der Waals surface area contributed by atoms with Crippen LogP contribution in [0.1, 0.15) is 28.7 Å². The van der Waals surface area contributed by atoms with Gasteiger partial charge in [-0.1, -0.05) is 0 Å². The summed E-state index contributed by atoms with van der Waals surface area (Å²) in [5, 5.41) is 10.1. The minimum Gasteiger partial charge on any atom is -0.338 e. The number of hydrogen-bond acceptors (Lipinski definition) is 7. The number of nitrogens with zero attached hydrogens (tertiary/aromatic N) is 6. The third-order valence-corrected chi connectivity index (χ3v) is 5.34.